The molecule has 0 saturated carbocycles. The van der Waals surface area contributed by atoms with Crippen molar-refractivity contribution in [2.45, 2.75) is 20.4 Å². The number of ether oxygens (including phenoxy) is 3. The monoisotopic (exact) mass is 469 g/mol. The summed E-state index contributed by atoms with van der Waals surface area (Å²) in [7, 11) is 0. The molecule has 0 bridgehead atoms. The molecule has 0 aliphatic heterocycles. The molecule has 0 unspecified atom stereocenters. The van der Waals surface area contributed by atoms with Crippen molar-refractivity contribution in [3.8, 4) is 34.4 Å². The average Bonchev–Trinajstić information content (AvgIpc) is 2.90. The molecule has 0 aliphatic rings. The highest BCUT2D eigenvalue weighted by molar-refractivity contribution is 5.94. The molecule has 0 atom stereocenters. The first-order chi connectivity index (χ1) is 17.2. The Morgan fingerprint density at radius 2 is 1.49 bits per heavy atom. The summed E-state index contributed by atoms with van der Waals surface area (Å²) in [6, 6.07) is 22.6. The summed E-state index contributed by atoms with van der Waals surface area (Å²) in [6.45, 7) is 5.33. The molecular weight excluding hydrogens is 442 g/mol. The molecule has 0 aliphatic carbocycles. The Hall–Kier alpha value is -4.39. The van der Waals surface area contributed by atoms with Crippen LogP contribution in [-0.2, 0) is 6.54 Å². The predicted octanol–water partition coefficient (Wildman–Crippen LogP) is 5.66. The zero-order valence-corrected chi connectivity index (χ0v) is 19.7. The van der Waals surface area contributed by atoms with E-state index in [9.17, 15) is 4.79 Å². The summed E-state index contributed by atoms with van der Waals surface area (Å²) >= 11 is 0. The Morgan fingerprint density at radius 1 is 0.800 bits per heavy atom. The maximum Gasteiger partial charge on any atom is 0.321 e. The second-order valence-electron chi connectivity index (χ2n) is 7.58. The van der Waals surface area contributed by atoms with Crippen LogP contribution in [0.25, 0.3) is 11.1 Å². The standard InChI is InChI=1S/C28H27N3O4/c1-3-33-25-15-10-20(16-26(25)34-4-2)17-29-27(32)22-13-11-21(12-14-22)23-18-30-28(31-19-23)35-24-8-6-5-7-9-24/h5-16,18-19H,3-4,17H2,1-2H3,(H,29,32). The number of nitrogens with zero attached hydrogens (tertiary/aromatic N) is 2. The first kappa shape index (κ1) is 23.8. The van der Waals surface area contributed by atoms with E-state index in [1.807, 2.05) is 74.5 Å². The lowest BCUT2D eigenvalue weighted by Crippen LogP contribution is -2.22. The molecule has 4 aromatic rings. The zero-order chi connectivity index (χ0) is 24.5. The largest absolute Gasteiger partial charge is 0.490 e. The summed E-state index contributed by atoms with van der Waals surface area (Å²) < 4.78 is 16.9. The first-order valence-corrected chi connectivity index (χ1v) is 11.5. The van der Waals surface area contributed by atoms with Gasteiger partial charge in [0.25, 0.3) is 5.91 Å². The van der Waals surface area contributed by atoms with Crippen LogP contribution in [-0.4, -0.2) is 29.1 Å². The Morgan fingerprint density at radius 3 is 2.17 bits per heavy atom. The van der Waals surface area contributed by atoms with Gasteiger partial charge in [0, 0.05) is 30.1 Å². The summed E-state index contributed by atoms with van der Waals surface area (Å²) in [5.74, 6) is 1.89. The van der Waals surface area contributed by atoms with E-state index in [1.54, 1.807) is 24.5 Å². The summed E-state index contributed by atoms with van der Waals surface area (Å²) in [5, 5.41) is 2.95. The molecule has 0 fully saturated rings. The molecule has 1 amide bonds. The molecule has 4 rings (SSSR count). The molecule has 1 heterocycles. The number of hydrogen-bond acceptors (Lipinski definition) is 6. The van der Waals surface area contributed by atoms with Crippen LogP contribution in [0, 0.1) is 0 Å². The Labute approximate surface area is 204 Å². The lowest BCUT2D eigenvalue weighted by atomic mass is 10.1. The third-order valence-electron chi connectivity index (χ3n) is 5.12. The minimum Gasteiger partial charge on any atom is -0.490 e. The lowest BCUT2D eigenvalue weighted by molar-refractivity contribution is 0.0951. The van der Waals surface area contributed by atoms with E-state index < -0.39 is 0 Å². The molecule has 3 aromatic carbocycles. The molecule has 0 radical (unpaired) electrons. The van der Waals surface area contributed by atoms with Crippen molar-refractivity contribution in [1.29, 1.82) is 0 Å². The minimum absolute atomic E-state index is 0.161. The van der Waals surface area contributed by atoms with Crippen LogP contribution in [0.2, 0.25) is 0 Å². The second-order valence-corrected chi connectivity index (χ2v) is 7.58. The van der Waals surface area contributed by atoms with E-state index in [1.165, 1.54) is 0 Å². The van der Waals surface area contributed by atoms with Gasteiger partial charge in [-0.15, -0.1) is 0 Å². The maximum absolute atomic E-state index is 12.7. The molecule has 0 saturated heterocycles. The lowest BCUT2D eigenvalue weighted by Gasteiger charge is -2.13. The van der Waals surface area contributed by atoms with Gasteiger partial charge in [0.2, 0.25) is 0 Å². The number of carbonyl (C=O) groups is 1. The SMILES string of the molecule is CCOc1ccc(CNC(=O)c2ccc(-c3cnc(Oc4ccccc4)nc3)cc2)cc1OCC. The molecule has 1 aromatic heterocycles. The van der Waals surface area contributed by atoms with Gasteiger partial charge in [0.1, 0.15) is 5.75 Å². The van der Waals surface area contributed by atoms with Gasteiger partial charge in [-0.2, -0.15) is 0 Å². The van der Waals surface area contributed by atoms with Crippen LogP contribution < -0.4 is 19.5 Å². The van der Waals surface area contributed by atoms with E-state index in [-0.39, 0.29) is 11.9 Å². The van der Waals surface area contributed by atoms with Crippen molar-refractivity contribution in [1.82, 2.24) is 15.3 Å². The summed E-state index contributed by atoms with van der Waals surface area (Å²) in [5.41, 5.74) is 3.22. The zero-order valence-electron chi connectivity index (χ0n) is 19.7. The number of aromatic nitrogens is 2. The van der Waals surface area contributed by atoms with Crippen molar-refractivity contribution >= 4 is 5.91 Å². The van der Waals surface area contributed by atoms with Crippen molar-refractivity contribution < 1.29 is 19.0 Å². The van der Waals surface area contributed by atoms with Gasteiger partial charge in [0.15, 0.2) is 11.5 Å². The fourth-order valence-electron chi connectivity index (χ4n) is 3.42. The van der Waals surface area contributed by atoms with Gasteiger partial charge in [-0.25, -0.2) is 9.97 Å². The second kappa shape index (κ2) is 11.7. The van der Waals surface area contributed by atoms with Crippen molar-refractivity contribution in [3.63, 3.8) is 0 Å². The fraction of sp³-hybridized carbons (Fsp3) is 0.179. The van der Waals surface area contributed by atoms with E-state index in [2.05, 4.69) is 15.3 Å². The minimum atomic E-state index is -0.161. The van der Waals surface area contributed by atoms with Crippen molar-refractivity contribution in [2.75, 3.05) is 13.2 Å². The van der Waals surface area contributed by atoms with Crippen molar-refractivity contribution in [2.24, 2.45) is 0 Å². The number of benzene rings is 3. The Balaban J connectivity index is 1.36. The highest BCUT2D eigenvalue weighted by Gasteiger charge is 2.10. The van der Waals surface area contributed by atoms with Crippen LogP contribution >= 0.6 is 0 Å². The number of para-hydroxylation sites is 1. The third-order valence-corrected chi connectivity index (χ3v) is 5.12. The first-order valence-electron chi connectivity index (χ1n) is 11.5. The van der Waals surface area contributed by atoms with Crippen LogP contribution in [0.4, 0.5) is 0 Å². The molecule has 178 valence electrons. The Kier molecular flexibility index (Phi) is 7.91. The number of nitrogens with one attached hydrogen (secondary N) is 1. The number of hydrogen-bond donors (Lipinski definition) is 1. The van der Waals surface area contributed by atoms with E-state index in [0.717, 1.165) is 16.7 Å². The van der Waals surface area contributed by atoms with E-state index in [0.29, 0.717) is 42.6 Å². The smallest absolute Gasteiger partial charge is 0.321 e. The number of amides is 1. The topological polar surface area (TPSA) is 82.6 Å². The number of carbonyl (C=O) groups excluding carboxylic acids is 1. The van der Waals surface area contributed by atoms with Crippen LogP contribution in [0.5, 0.6) is 23.3 Å². The summed E-state index contributed by atoms with van der Waals surface area (Å²) in [6.07, 6.45) is 3.39. The molecule has 7 heteroatoms. The quantitative estimate of drug-likeness (QED) is 0.323. The molecule has 7 nitrogen and oxygen atoms in total. The normalized spacial score (nSPS) is 10.5. The van der Waals surface area contributed by atoms with Crippen molar-refractivity contribution in [3.05, 3.63) is 96.3 Å². The van der Waals surface area contributed by atoms with Gasteiger partial charge < -0.3 is 19.5 Å². The van der Waals surface area contributed by atoms with E-state index in [4.69, 9.17) is 14.2 Å². The maximum atomic E-state index is 12.7. The van der Waals surface area contributed by atoms with Gasteiger partial charge in [0.05, 0.1) is 13.2 Å². The highest BCUT2D eigenvalue weighted by atomic mass is 16.5. The average molecular weight is 470 g/mol. The molecule has 35 heavy (non-hydrogen) atoms. The Bertz CT molecular complexity index is 1240. The third kappa shape index (κ3) is 6.35. The number of rotatable bonds is 10. The van der Waals surface area contributed by atoms with Crippen LogP contribution in [0.3, 0.4) is 0 Å². The van der Waals surface area contributed by atoms with Crippen LogP contribution in [0.15, 0.2) is 85.2 Å². The fourth-order valence-corrected chi connectivity index (χ4v) is 3.42. The molecule has 0 spiro atoms. The van der Waals surface area contributed by atoms with Crippen LogP contribution in [0.1, 0.15) is 29.8 Å². The highest BCUT2D eigenvalue weighted by Crippen LogP contribution is 2.28. The van der Waals surface area contributed by atoms with E-state index >= 15 is 0 Å². The molecule has 1 N–H and O–H groups in total. The van der Waals surface area contributed by atoms with Gasteiger partial charge in [-0.1, -0.05) is 36.4 Å². The molecular formula is C28H27N3O4. The van der Waals surface area contributed by atoms with Gasteiger partial charge in [-0.3, -0.25) is 4.79 Å². The van der Waals surface area contributed by atoms with Gasteiger partial charge >= 0.3 is 6.01 Å². The van der Waals surface area contributed by atoms with Gasteiger partial charge in [-0.05, 0) is 61.4 Å². The predicted molar refractivity (Wildman–Crippen MR) is 134 cm³/mol. The summed E-state index contributed by atoms with van der Waals surface area (Å²) in [4.78, 5) is 21.2.